The zero-order valence-corrected chi connectivity index (χ0v) is 25.1. The van der Waals surface area contributed by atoms with Crippen LogP contribution in [0.1, 0.15) is 82.4 Å². The van der Waals surface area contributed by atoms with Crippen molar-refractivity contribution in [2.45, 2.75) is 50.7 Å². The summed E-state index contributed by atoms with van der Waals surface area (Å²) in [6, 6.07) is 31.6. The summed E-state index contributed by atoms with van der Waals surface area (Å²) in [4.78, 5) is 25.7. The number of hydrogen-bond acceptors (Lipinski definition) is 5. The van der Waals surface area contributed by atoms with Crippen molar-refractivity contribution in [1.82, 2.24) is 0 Å². The fourth-order valence-electron chi connectivity index (χ4n) is 5.70. The molecular weight excluding hydrogens is 560 g/mol. The van der Waals surface area contributed by atoms with Crippen LogP contribution in [0, 0.1) is 23.7 Å². The van der Waals surface area contributed by atoms with Gasteiger partial charge in [0.1, 0.15) is 12.2 Å². The van der Waals surface area contributed by atoms with Crippen LogP contribution in [0.4, 0.5) is 0 Å². The van der Waals surface area contributed by atoms with E-state index in [1.165, 1.54) is 0 Å². The summed E-state index contributed by atoms with van der Waals surface area (Å²) in [7, 11) is 0. The monoisotopic (exact) mass is 594 g/mol. The Kier molecular flexibility index (Phi) is 9.71. The number of ether oxygens (including phenoxy) is 3. The van der Waals surface area contributed by atoms with Crippen molar-refractivity contribution < 1.29 is 23.8 Å². The van der Waals surface area contributed by atoms with Crippen LogP contribution in [-0.4, -0.2) is 25.2 Å². The van der Waals surface area contributed by atoms with E-state index in [9.17, 15) is 9.59 Å². The third-order valence-electron chi connectivity index (χ3n) is 8.01. The molecule has 0 heterocycles. The highest BCUT2D eigenvalue weighted by Gasteiger charge is 2.23. The predicted molar refractivity (Wildman–Crippen MR) is 172 cm³/mol. The molecule has 0 saturated carbocycles. The summed E-state index contributed by atoms with van der Waals surface area (Å²) in [6.45, 7) is 0.816. The maximum atomic E-state index is 12.8. The summed E-state index contributed by atoms with van der Waals surface area (Å²) in [5.74, 6) is 12.5. The van der Waals surface area contributed by atoms with Crippen LogP contribution < -0.4 is 0 Å². The van der Waals surface area contributed by atoms with Gasteiger partial charge in [-0.3, -0.25) is 9.59 Å². The second-order valence-electron chi connectivity index (χ2n) is 11.2. The molecule has 0 saturated heterocycles. The average molecular weight is 595 g/mol. The maximum Gasteiger partial charge on any atom is 0.306 e. The second kappa shape index (κ2) is 14.6. The molecular formula is C40H34O5. The number of hydrogen-bond donors (Lipinski definition) is 0. The normalized spacial score (nSPS) is 15.7. The number of carbonyl (C=O) groups excluding carboxylic acids is 2. The number of benzene rings is 4. The van der Waals surface area contributed by atoms with Crippen LogP contribution in [0.5, 0.6) is 0 Å². The molecule has 0 amide bonds. The van der Waals surface area contributed by atoms with E-state index in [0.29, 0.717) is 38.9 Å². The Morgan fingerprint density at radius 1 is 0.533 bits per heavy atom. The first-order valence-corrected chi connectivity index (χ1v) is 15.5. The molecule has 0 fully saturated rings. The van der Waals surface area contributed by atoms with E-state index in [0.717, 1.165) is 44.5 Å². The standard InChI is InChI=1S/C40H34O5/c41-39(44-37-27-33-15-3-1-11-29(33)21-23-31-13-5-7-17-35(31)37)19-9-25-43-26-10-20-40(42)45-38-28-34-16-4-2-12-30(34)22-24-32-14-6-8-18-36(32)38/h1-8,11-18,37-38H,9-10,19-20,25-28H2. The van der Waals surface area contributed by atoms with Gasteiger partial charge in [-0.1, -0.05) is 96.5 Å². The molecule has 2 unspecified atom stereocenters. The summed E-state index contributed by atoms with van der Waals surface area (Å²) in [5.41, 5.74) is 7.66. The van der Waals surface area contributed by atoms with Gasteiger partial charge in [0.25, 0.3) is 0 Å². The lowest BCUT2D eigenvalue weighted by Crippen LogP contribution is -2.17. The van der Waals surface area contributed by atoms with Crippen molar-refractivity contribution in [3.8, 4) is 23.7 Å². The Morgan fingerprint density at radius 2 is 0.911 bits per heavy atom. The van der Waals surface area contributed by atoms with Crippen molar-refractivity contribution in [3.05, 3.63) is 142 Å². The van der Waals surface area contributed by atoms with Gasteiger partial charge in [-0.05, 0) is 48.2 Å². The van der Waals surface area contributed by atoms with E-state index in [2.05, 4.69) is 23.7 Å². The molecule has 2 atom stereocenters. The molecule has 0 aromatic heterocycles. The lowest BCUT2D eigenvalue weighted by atomic mass is 9.92. The Morgan fingerprint density at radius 3 is 1.38 bits per heavy atom. The summed E-state index contributed by atoms with van der Waals surface area (Å²) in [5, 5.41) is 0. The van der Waals surface area contributed by atoms with E-state index in [1.54, 1.807) is 0 Å². The van der Waals surface area contributed by atoms with Crippen LogP contribution in [0.25, 0.3) is 0 Å². The van der Waals surface area contributed by atoms with Crippen LogP contribution in [0.3, 0.4) is 0 Å². The molecule has 5 nitrogen and oxygen atoms in total. The minimum atomic E-state index is -0.401. The topological polar surface area (TPSA) is 61.8 Å². The first-order valence-electron chi connectivity index (χ1n) is 15.5. The van der Waals surface area contributed by atoms with Crippen molar-refractivity contribution in [3.63, 3.8) is 0 Å². The minimum absolute atomic E-state index is 0.249. The van der Waals surface area contributed by atoms with Crippen LogP contribution >= 0.6 is 0 Å². The fraction of sp³-hybridized carbons (Fsp3) is 0.250. The summed E-state index contributed by atoms with van der Waals surface area (Å²) in [6.07, 6.45) is 1.92. The highest BCUT2D eigenvalue weighted by Crippen LogP contribution is 2.30. The predicted octanol–water partition coefficient (Wildman–Crippen LogP) is 7.04. The molecule has 0 radical (unpaired) electrons. The van der Waals surface area contributed by atoms with E-state index >= 15 is 0 Å². The van der Waals surface area contributed by atoms with Crippen molar-refractivity contribution in [2.75, 3.05) is 13.2 Å². The van der Waals surface area contributed by atoms with E-state index < -0.39 is 12.2 Å². The van der Waals surface area contributed by atoms with Gasteiger partial charge in [-0.15, -0.1) is 0 Å². The lowest BCUT2D eigenvalue weighted by Gasteiger charge is -2.22. The van der Waals surface area contributed by atoms with Gasteiger partial charge in [0.05, 0.1) is 0 Å². The maximum absolute atomic E-state index is 12.8. The molecule has 2 aliphatic carbocycles. The van der Waals surface area contributed by atoms with Crippen molar-refractivity contribution >= 4 is 11.9 Å². The number of rotatable bonds is 10. The van der Waals surface area contributed by atoms with Crippen molar-refractivity contribution in [2.24, 2.45) is 0 Å². The molecule has 4 aromatic carbocycles. The van der Waals surface area contributed by atoms with Crippen LogP contribution in [-0.2, 0) is 36.6 Å². The molecule has 0 bridgehead atoms. The summed E-state index contributed by atoms with van der Waals surface area (Å²) < 4.78 is 17.7. The SMILES string of the molecule is O=C(CCCOCCCC(=O)OC1Cc2ccccc2C#Cc2ccccc21)OC1Cc2ccccc2C#Cc2ccccc21. The van der Waals surface area contributed by atoms with Gasteiger partial charge in [-0.25, -0.2) is 0 Å². The van der Waals surface area contributed by atoms with Crippen LogP contribution in [0.15, 0.2) is 97.1 Å². The van der Waals surface area contributed by atoms with Gasteiger partial charge >= 0.3 is 11.9 Å². The smallest absolute Gasteiger partial charge is 0.306 e. The molecule has 224 valence electrons. The largest absolute Gasteiger partial charge is 0.457 e. The van der Waals surface area contributed by atoms with Gasteiger partial charge < -0.3 is 14.2 Å². The first-order chi connectivity index (χ1) is 22.1. The second-order valence-corrected chi connectivity index (χ2v) is 11.2. The third-order valence-corrected chi connectivity index (χ3v) is 8.01. The Balaban J connectivity index is 0.943. The highest BCUT2D eigenvalue weighted by molar-refractivity contribution is 5.70. The number of carbonyl (C=O) groups is 2. The zero-order chi connectivity index (χ0) is 30.8. The van der Waals surface area contributed by atoms with E-state index in [-0.39, 0.29) is 24.8 Å². The highest BCUT2D eigenvalue weighted by atomic mass is 16.5. The minimum Gasteiger partial charge on any atom is -0.457 e. The number of fused-ring (bicyclic) bond motifs is 4. The van der Waals surface area contributed by atoms with E-state index in [1.807, 2.05) is 97.1 Å². The van der Waals surface area contributed by atoms with Gasteiger partial charge in [0.2, 0.25) is 0 Å². The molecule has 2 aliphatic rings. The third kappa shape index (κ3) is 7.71. The molecule has 0 aliphatic heterocycles. The average Bonchev–Trinajstić information content (AvgIpc) is 3.05. The molecule has 0 N–H and O–H groups in total. The van der Waals surface area contributed by atoms with Gasteiger partial charge in [0, 0.05) is 72.3 Å². The van der Waals surface area contributed by atoms with E-state index in [4.69, 9.17) is 14.2 Å². The van der Waals surface area contributed by atoms with Crippen LogP contribution in [0.2, 0.25) is 0 Å². The molecule has 5 heteroatoms. The van der Waals surface area contributed by atoms with Gasteiger partial charge in [-0.2, -0.15) is 0 Å². The lowest BCUT2D eigenvalue weighted by molar-refractivity contribution is -0.150. The Labute approximate surface area is 264 Å². The summed E-state index contributed by atoms with van der Waals surface area (Å²) >= 11 is 0. The molecule has 45 heavy (non-hydrogen) atoms. The van der Waals surface area contributed by atoms with Gasteiger partial charge in [0.15, 0.2) is 0 Å². The first kappa shape index (κ1) is 29.9. The number of esters is 2. The molecule has 4 aromatic rings. The Bertz CT molecular complexity index is 1680. The molecule has 0 spiro atoms. The Hall–Kier alpha value is -5.10. The quantitative estimate of drug-likeness (QED) is 0.112. The molecule has 6 rings (SSSR count). The zero-order valence-electron chi connectivity index (χ0n) is 25.1. The van der Waals surface area contributed by atoms with Crippen molar-refractivity contribution in [1.29, 1.82) is 0 Å². The fourth-order valence-corrected chi connectivity index (χ4v) is 5.70.